The van der Waals surface area contributed by atoms with E-state index in [2.05, 4.69) is 20.0 Å². The number of nitrogens with one attached hydrogen (secondary N) is 1. The Labute approximate surface area is 282 Å². The van der Waals surface area contributed by atoms with Crippen LogP contribution >= 0.6 is 7.75 Å². The van der Waals surface area contributed by atoms with E-state index in [0.29, 0.717) is 11.5 Å². The summed E-state index contributed by atoms with van der Waals surface area (Å²) >= 11 is 0. The molecule has 0 saturated carbocycles. The van der Waals surface area contributed by atoms with Crippen molar-refractivity contribution in [3.05, 3.63) is 84.2 Å². The summed E-state index contributed by atoms with van der Waals surface area (Å²) in [6, 6.07) is 13.4. The maximum Gasteiger partial charge on any atom is 0.459 e. The molecule has 1 saturated heterocycles. The quantitative estimate of drug-likeness (QED) is 0.119. The van der Waals surface area contributed by atoms with Crippen LogP contribution in [0.15, 0.2) is 67.0 Å². The van der Waals surface area contributed by atoms with Gasteiger partial charge in [0.15, 0.2) is 23.6 Å². The van der Waals surface area contributed by atoms with Crippen LogP contribution < -0.4 is 20.1 Å². The maximum absolute atomic E-state index is 15.9. The minimum atomic E-state index is -4.60. The number of anilines is 1. The number of aromatic nitrogens is 4. The number of carbonyl (C=O) groups excluding carboxylic acids is 1. The van der Waals surface area contributed by atoms with Gasteiger partial charge in [0.25, 0.3) is 0 Å². The molecule has 2 aromatic heterocycles. The van der Waals surface area contributed by atoms with E-state index in [1.807, 2.05) is 0 Å². The van der Waals surface area contributed by atoms with Gasteiger partial charge in [0, 0.05) is 17.0 Å². The SMILES string of the molecule is COc1nc(N)nc2c1ncn2C1OC(COP(=O)(NC(C)C(=O)OCc2ccc(F)cc2F)Oc2cccc3ccccc23)C(F)C1(C)O. The monoisotopic (exact) mass is 716 g/mol. The van der Waals surface area contributed by atoms with Crippen molar-refractivity contribution in [1.29, 1.82) is 0 Å². The van der Waals surface area contributed by atoms with Gasteiger partial charge in [0.1, 0.15) is 41.7 Å². The number of esters is 1. The fourth-order valence-corrected chi connectivity index (χ4v) is 6.97. The summed E-state index contributed by atoms with van der Waals surface area (Å²) < 4.78 is 86.8. The number of nitrogens with two attached hydrogens (primary N) is 1. The Morgan fingerprint density at radius 3 is 2.70 bits per heavy atom. The molecule has 0 bridgehead atoms. The lowest BCUT2D eigenvalue weighted by Gasteiger charge is -2.26. The van der Waals surface area contributed by atoms with Crippen LogP contribution in [0.4, 0.5) is 19.1 Å². The molecule has 6 rings (SSSR count). The number of methoxy groups -OCH3 is 1. The molecule has 5 aromatic rings. The number of aliphatic hydroxyl groups is 1. The Morgan fingerprint density at radius 1 is 1.18 bits per heavy atom. The first kappa shape index (κ1) is 35.0. The number of hydrogen-bond donors (Lipinski definition) is 3. The number of rotatable bonds is 12. The lowest BCUT2D eigenvalue weighted by Crippen LogP contribution is -2.42. The van der Waals surface area contributed by atoms with E-state index < -0.39 is 68.7 Å². The first-order valence-corrected chi connectivity index (χ1v) is 16.7. The third-order valence-corrected chi connectivity index (χ3v) is 9.64. The molecule has 50 heavy (non-hydrogen) atoms. The van der Waals surface area contributed by atoms with Crippen LogP contribution in [-0.4, -0.2) is 68.2 Å². The average Bonchev–Trinajstić information content (AvgIpc) is 3.59. The van der Waals surface area contributed by atoms with Crippen LogP contribution in [0.3, 0.4) is 0 Å². The van der Waals surface area contributed by atoms with Gasteiger partial charge in [-0.15, -0.1) is 0 Å². The van der Waals surface area contributed by atoms with Crippen molar-refractivity contribution < 1.29 is 50.9 Å². The van der Waals surface area contributed by atoms with Crippen molar-refractivity contribution in [3.8, 4) is 11.6 Å². The van der Waals surface area contributed by atoms with Crippen LogP contribution in [0.5, 0.6) is 11.6 Å². The molecule has 6 unspecified atom stereocenters. The van der Waals surface area contributed by atoms with E-state index in [1.165, 1.54) is 37.9 Å². The van der Waals surface area contributed by atoms with Crippen LogP contribution in [0.1, 0.15) is 25.6 Å². The summed E-state index contributed by atoms with van der Waals surface area (Å²) in [5.41, 5.74) is 3.80. The number of carbonyl (C=O) groups is 1. The number of imidazole rings is 1. The highest BCUT2D eigenvalue weighted by molar-refractivity contribution is 7.52. The lowest BCUT2D eigenvalue weighted by atomic mass is 9.98. The number of nitrogens with zero attached hydrogens (tertiary/aromatic N) is 4. The second-order valence-corrected chi connectivity index (χ2v) is 13.3. The molecule has 1 aliphatic rings. The van der Waals surface area contributed by atoms with E-state index in [1.54, 1.807) is 36.4 Å². The molecule has 6 atom stereocenters. The third-order valence-electron chi connectivity index (χ3n) is 8.01. The molecule has 14 nitrogen and oxygen atoms in total. The number of ether oxygens (including phenoxy) is 3. The van der Waals surface area contributed by atoms with Crippen LogP contribution in [0.2, 0.25) is 0 Å². The minimum Gasteiger partial charge on any atom is -0.479 e. The topological polar surface area (TPSA) is 182 Å². The van der Waals surface area contributed by atoms with Crippen molar-refractivity contribution in [2.24, 2.45) is 0 Å². The summed E-state index contributed by atoms with van der Waals surface area (Å²) in [5, 5.41) is 15.1. The molecule has 0 spiro atoms. The number of hydrogen-bond acceptors (Lipinski definition) is 12. The Balaban J connectivity index is 1.23. The van der Waals surface area contributed by atoms with E-state index in [4.69, 9.17) is 29.0 Å². The molecule has 3 aromatic carbocycles. The zero-order chi connectivity index (χ0) is 35.8. The maximum atomic E-state index is 15.9. The highest BCUT2D eigenvalue weighted by atomic mass is 31.2. The predicted octanol–water partition coefficient (Wildman–Crippen LogP) is 4.76. The first-order chi connectivity index (χ1) is 23.8. The number of benzene rings is 3. The average molecular weight is 717 g/mol. The normalized spacial score (nSPS) is 22.3. The summed E-state index contributed by atoms with van der Waals surface area (Å²) in [7, 11) is -3.25. The highest BCUT2D eigenvalue weighted by Crippen LogP contribution is 2.49. The fraction of sp³-hybridized carbons (Fsp3) is 0.312. The van der Waals surface area contributed by atoms with E-state index in [-0.39, 0.29) is 34.3 Å². The molecule has 0 radical (unpaired) electrons. The van der Waals surface area contributed by atoms with E-state index in [9.17, 15) is 23.2 Å². The van der Waals surface area contributed by atoms with Gasteiger partial charge in [-0.3, -0.25) is 13.9 Å². The largest absolute Gasteiger partial charge is 0.479 e. The smallest absolute Gasteiger partial charge is 0.459 e. The molecule has 3 heterocycles. The molecular formula is C32H32F3N6O8P. The van der Waals surface area contributed by atoms with E-state index >= 15 is 4.39 Å². The van der Waals surface area contributed by atoms with Gasteiger partial charge in [-0.25, -0.2) is 22.7 Å². The van der Waals surface area contributed by atoms with E-state index in [0.717, 1.165) is 17.5 Å². The summed E-state index contributed by atoms with van der Waals surface area (Å²) in [5.74, 6) is -2.71. The minimum absolute atomic E-state index is 0.0496. The summed E-state index contributed by atoms with van der Waals surface area (Å²) in [6.07, 6.45) is -3.80. The van der Waals surface area contributed by atoms with Gasteiger partial charge >= 0.3 is 13.7 Å². The Morgan fingerprint density at radius 2 is 1.94 bits per heavy atom. The second-order valence-electron chi connectivity index (χ2n) is 11.6. The molecule has 0 amide bonds. The Bertz CT molecular complexity index is 2100. The third kappa shape index (κ3) is 6.95. The van der Waals surface area contributed by atoms with Crippen LogP contribution in [0.25, 0.3) is 21.9 Å². The standard InChI is InChI=1S/C32H32F3N6O8P/c1-17(29(42)46-14-19-11-12-20(33)13-22(19)34)40-50(44,49-23-10-6-8-18-7-4-5-9-21(18)23)47-15-24-26(35)32(2,43)30(48-24)41-16-37-25-27(41)38-31(36)39-28(25)45-3/h4-13,16-17,24,26,30,43H,14-15H2,1-3H3,(H,40,44)(H2,36,38,39). The van der Waals surface area contributed by atoms with Gasteiger partial charge < -0.3 is 29.6 Å². The molecule has 1 aliphatic heterocycles. The first-order valence-electron chi connectivity index (χ1n) is 15.2. The molecule has 4 N–H and O–H groups in total. The number of alkyl halides is 1. The molecule has 1 fully saturated rings. The Kier molecular flexibility index (Phi) is 9.70. The van der Waals surface area contributed by atoms with Crippen LogP contribution in [0, 0.1) is 11.6 Å². The molecule has 0 aliphatic carbocycles. The fourth-order valence-electron chi connectivity index (χ4n) is 5.45. The zero-order valence-electron chi connectivity index (χ0n) is 26.8. The van der Waals surface area contributed by atoms with Crippen molar-refractivity contribution in [2.75, 3.05) is 19.5 Å². The second kappa shape index (κ2) is 13.8. The lowest BCUT2D eigenvalue weighted by molar-refractivity contribution is -0.146. The van der Waals surface area contributed by atoms with Crippen molar-refractivity contribution in [2.45, 2.75) is 50.6 Å². The highest BCUT2D eigenvalue weighted by Gasteiger charge is 2.55. The van der Waals surface area contributed by atoms with Crippen molar-refractivity contribution in [3.63, 3.8) is 0 Å². The number of halogens is 3. The molecule has 264 valence electrons. The van der Waals surface area contributed by atoms with Crippen molar-refractivity contribution in [1.82, 2.24) is 24.6 Å². The van der Waals surface area contributed by atoms with Crippen LogP contribution in [-0.2, 0) is 30.0 Å². The summed E-state index contributed by atoms with van der Waals surface area (Å²) in [4.78, 5) is 25.2. The number of fused-ring (bicyclic) bond motifs is 2. The van der Waals surface area contributed by atoms with Gasteiger partial charge in [-0.05, 0) is 37.4 Å². The van der Waals surface area contributed by atoms with Gasteiger partial charge in [-0.2, -0.15) is 15.1 Å². The molecule has 18 heteroatoms. The van der Waals surface area contributed by atoms with Gasteiger partial charge in [-0.1, -0.05) is 36.4 Å². The van der Waals surface area contributed by atoms with Gasteiger partial charge in [0.2, 0.25) is 11.8 Å². The predicted molar refractivity (Wildman–Crippen MR) is 173 cm³/mol. The van der Waals surface area contributed by atoms with Crippen molar-refractivity contribution >= 4 is 41.6 Å². The zero-order valence-corrected chi connectivity index (χ0v) is 27.7. The Hall–Kier alpha value is -4.80. The van der Waals surface area contributed by atoms with Gasteiger partial charge in [0.05, 0.1) is 20.0 Å². The molecular weight excluding hydrogens is 684 g/mol. The summed E-state index contributed by atoms with van der Waals surface area (Å²) in [6.45, 7) is 1.21. The number of nitrogen functional groups attached to an aromatic ring is 1.